The van der Waals surface area contributed by atoms with E-state index in [0.29, 0.717) is 24.6 Å². The number of aliphatic hydroxyl groups is 1. The molecule has 2 aliphatic rings. The third-order valence-electron chi connectivity index (χ3n) is 6.04. The number of halogens is 1. The zero-order valence-electron chi connectivity index (χ0n) is 17.0. The van der Waals surface area contributed by atoms with Gasteiger partial charge in [0.05, 0.1) is 12.3 Å². The number of nitrogens with zero attached hydrogens (tertiary/aromatic N) is 3. The number of anilines is 3. The maximum absolute atomic E-state index is 13.9. The van der Waals surface area contributed by atoms with Crippen LogP contribution in [0.3, 0.4) is 0 Å². The lowest BCUT2D eigenvalue weighted by Gasteiger charge is -2.28. The smallest absolute Gasteiger partial charge is 0.163 e. The van der Waals surface area contributed by atoms with Gasteiger partial charge in [-0.3, -0.25) is 0 Å². The monoisotopic (exact) mass is 410 g/mol. The number of rotatable bonds is 5. The van der Waals surface area contributed by atoms with Gasteiger partial charge < -0.3 is 21.1 Å². The van der Waals surface area contributed by atoms with Gasteiger partial charge in [-0.15, -0.1) is 0 Å². The fraction of sp³-hybridized carbons (Fsp3) is 0.455. The van der Waals surface area contributed by atoms with Crippen molar-refractivity contribution in [2.24, 2.45) is 0 Å². The molecule has 8 heteroatoms. The Morgan fingerprint density at radius 2 is 2.07 bits per heavy atom. The molecule has 3 heterocycles. The van der Waals surface area contributed by atoms with Crippen LogP contribution in [0.2, 0.25) is 0 Å². The van der Waals surface area contributed by atoms with Crippen molar-refractivity contribution in [1.29, 1.82) is 0 Å². The number of aromatic nitrogens is 3. The van der Waals surface area contributed by atoms with E-state index in [0.717, 1.165) is 47.8 Å². The molecule has 2 atom stereocenters. The van der Waals surface area contributed by atoms with Gasteiger partial charge in [0.15, 0.2) is 5.65 Å². The van der Waals surface area contributed by atoms with Crippen LogP contribution in [0.5, 0.6) is 0 Å². The Morgan fingerprint density at radius 1 is 1.20 bits per heavy atom. The maximum atomic E-state index is 13.9. The zero-order valence-corrected chi connectivity index (χ0v) is 17.0. The summed E-state index contributed by atoms with van der Waals surface area (Å²) in [6.07, 6.45) is 5.76. The number of piperidine rings is 1. The first-order valence-electron chi connectivity index (χ1n) is 10.6. The third kappa shape index (κ3) is 3.85. The fourth-order valence-corrected chi connectivity index (χ4v) is 4.34. The lowest BCUT2D eigenvalue weighted by Crippen LogP contribution is -2.45. The number of aliphatic hydroxyl groups excluding tert-OH is 1. The first-order chi connectivity index (χ1) is 14.5. The quantitative estimate of drug-likeness (QED) is 0.516. The van der Waals surface area contributed by atoms with Gasteiger partial charge in [-0.25, -0.2) is 9.37 Å². The number of aryl methyl sites for hydroxylation is 1. The fourth-order valence-electron chi connectivity index (χ4n) is 4.34. The summed E-state index contributed by atoms with van der Waals surface area (Å²) in [4.78, 5) is 4.86. The van der Waals surface area contributed by atoms with Crippen LogP contribution in [0.25, 0.3) is 5.65 Å². The average Bonchev–Trinajstić information content (AvgIpc) is 3.03. The molecule has 30 heavy (non-hydrogen) atoms. The lowest BCUT2D eigenvalue weighted by molar-refractivity contribution is 0.136. The van der Waals surface area contributed by atoms with Crippen molar-refractivity contribution >= 4 is 23.0 Å². The Morgan fingerprint density at radius 3 is 2.80 bits per heavy atom. The van der Waals surface area contributed by atoms with Crippen molar-refractivity contribution in [2.75, 3.05) is 23.7 Å². The molecule has 5 rings (SSSR count). The molecule has 3 aromatic rings. The largest absolute Gasteiger partial charge is 0.392 e. The van der Waals surface area contributed by atoms with E-state index >= 15 is 0 Å². The zero-order chi connectivity index (χ0) is 20.7. The van der Waals surface area contributed by atoms with E-state index in [4.69, 9.17) is 4.98 Å². The minimum Gasteiger partial charge on any atom is -0.392 e. The summed E-state index contributed by atoms with van der Waals surface area (Å²) in [5.41, 5.74) is 3.50. The van der Waals surface area contributed by atoms with Gasteiger partial charge in [0.1, 0.15) is 17.5 Å². The van der Waals surface area contributed by atoms with Crippen molar-refractivity contribution < 1.29 is 9.50 Å². The van der Waals surface area contributed by atoms with Crippen LogP contribution in [-0.4, -0.2) is 44.9 Å². The van der Waals surface area contributed by atoms with Gasteiger partial charge >= 0.3 is 0 Å². The average molecular weight is 410 g/mol. The molecule has 0 unspecified atom stereocenters. The highest BCUT2D eigenvalue weighted by Crippen LogP contribution is 2.38. The van der Waals surface area contributed by atoms with Crippen LogP contribution in [0.15, 0.2) is 30.5 Å². The van der Waals surface area contributed by atoms with Crippen LogP contribution >= 0.6 is 0 Å². The molecular weight excluding hydrogens is 383 g/mol. The van der Waals surface area contributed by atoms with E-state index in [-0.39, 0.29) is 18.0 Å². The van der Waals surface area contributed by atoms with E-state index in [1.807, 2.05) is 25.3 Å². The van der Waals surface area contributed by atoms with E-state index in [9.17, 15) is 9.50 Å². The third-order valence-corrected chi connectivity index (χ3v) is 6.04. The highest BCUT2D eigenvalue weighted by molar-refractivity contribution is 5.66. The van der Waals surface area contributed by atoms with E-state index < -0.39 is 0 Å². The molecule has 2 fully saturated rings. The molecule has 1 aliphatic heterocycles. The molecule has 1 aliphatic carbocycles. The highest BCUT2D eigenvalue weighted by Gasteiger charge is 2.26. The first-order valence-corrected chi connectivity index (χ1v) is 10.6. The number of β-amino-alcohol motifs (C(OH)–C–C–N with tert-alkyl or cyclic N) is 1. The Kier molecular flexibility index (Phi) is 5.04. The second kappa shape index (κ2) is 7.85. The van der Waals surface area contributed by atoms with Crippen molar-refractivity contribution in [3.8, 4) is 0 Å². The minimum atomic E-state index is -0.367. The summed E-state index contributed by atoms with van der Waals surface area (Å²) < 4.78 is 15.7. The number of hydrogen-bond donors (Lipinski definition) is 4. The van der Waals surface area contributed by atoms with Crippen molar-refractivity contribution in [3.63, 3.8) is 0 Å². The van der Waals surface area contributed by atoms with E-state index in [2.05, 4.69) is 21.0 Å². The molecule has 1 saturated heterocycles. The molecule has 2 aromatic heterocycles. The van der Waals surface area contributed by atoms with Gasteiger partial charge in [0, 0.05) is 36.4 Å². The van der Waals surface area contributed by atoms with Crippen molar-refractivity contribution in [1.82, 2.24) is 19.9 Å². The summed E-state index contributed by atoms with van der Waals surface area (Å²) in [5, 5.41) is 24.6. The predicted molar refractivity (Wildman–Crippen MR) is 115 cm³/mol. The summed E-state index contributed by atoms with van der Waals surface area (Å²) >= 11 is 0. The number of fused-ring (bicyclic) bond motifs is 1. The van der Waals surface area contributed by atoms with Crippen LogP contribution < -0.4 is 16.0 Å². The molecule has 1 aromatic carbocycles. The SMILES string of the molecule is Cc1cc(F)cc(Nc2cc(N[C@@H]3CNC[C@@H](O)C3)nc3c(C4CCC4)cnn23)c1. The van der Waals surface area contributed by atoms with Crippen LogP contribution in [0, 0.1) is 12.7 Å². The van der Waals surface area contributed by atoms with Crippen LogP contribution in [0.1, 0.15) is 42.7 Å². The number of nitrogens with one attached hydrogen (secondary N) is 3. The predicted octanol–water partition coefficient (Wildman–Crippen LogP) is 3.32. The summed E-state index contributed by atoms with van der Waals surface area (Å²) in [5.74, 6) is 1.66. The van der Waals surface area contributed by atoms with Gasteiger partial charge in [-0.1, -0.05) is 6.42 Å². The second-order valence-corrected chi connectivity index (χ2v) is 8.52. The van der Waals surface area contributed by atoms with E-state index in [1.54, 1.807) is 4.52 Å². The van der Waals surface area contributed by atoms with Crippen molar-refractivity contribution in [2.45, 2.75) is 50.7 Å². The Bertz CT molecular complexity index is 1040. The molecule has 0 radical (unpaired) electrons. The van der Waals surface area contributed by atoms with Gasteiger partial charge in [-0.05, 0) is 55.9 Å². The molecular formula is C22H27FN6O. The first kappa shape index (κ1) is 19.3. The Balaban J connectivity index is 1.52. The Labute approximate surface area is 174 Å². The van der Waals surface area contributed by atoms with Gasteiger partial charge in [0.2, 0.25) is 0 Å². The molecule has 1 saturated carbocycles. The highest BCUT2D eigenvalue weighted by atomic mass is 19.1. The van der Waals surface area contributed by atoms with Crippen LogP contribution in [-0.2, 0) is 0 Å². The minimum absolute atomic E-state index is 0.0861. The summed E-state index contributed by atoms with van der Waals surface area (Å²) in [6, 6.07) is 6.86. The molecule has 7 nitrogen and oxygen atoms in total. The topological polar surface area (TPSA) is 86.5 Å². The molecule has 0 spiro atoms. The number of hydrogen-bond acceptors (Lipinski definition) is 6. The Hall–Kier alpha value is -2.71. The van der Waals surface area contributed by atoms with Gasteiger partial charge in [0.25, 0.3) is 0 Å². The lowest BCUT2D eigenvalue weighted by atomic mass is 9.81. The van der Waals surface area contributed by atoms with E-state index in [1.165, 1.54) is 18.6 Å². The van der Waals surface area contributed by atoms with Crippen molar-refractivity contribution in [3.05, 3.63) is 47.4 Å². The normalized spacial score (nSPS) is 22.1. The summed E-state index contributed by atoms with van der Waals surface area (Å²) in [7, 11) is 0. The molecule has 158 valence electrons. The molecule has 0 amide bonds. The van der Waals surface area contributed by atoms with Gasteiger partial charge in [-0.2, -0.15) is 9.61 Å². The molecule has 0 bridgehead atoms. The summed E-state index contributed by atoms with van der Waals surface area (Å²) in [6.45, 7) is 3.25. The maximum Gasteiger partial charge on any atom is 0.163 e. The second-order valence-electron chi connectivity index (χ2n) is 8.52. The molecule has 4 N–H and O–H groups in total. The van der Waals surface area contributed by atoms with Crippen LogP contribution in [0.4, 0.5) is 21.7 Å². The number of benzene rings is 1. The standard InChI is InChI=1S/C22H27FN6O/c1-13-5-15(23)7-16(6-13)27-21-9-20(26-17-8-18(30)11-24-10-17)28-22-19(12-25-29(21)22)14-3-2-4-14/h5-7,9,12,14,17-18,24,27,30H,2-4,8,10-11H2,1H3,(H,26,28)/t17-,18-/m0/s1.